The molecular weight excluding hydrogens is 252 g/mol. The van der Waals surface area contributed by atoms with Crippen LogP contribution in [-0.2, 0) is 13.0 Å². The highest BCUT2D eigenvalue weighted by atomic mass is 16.5. The average molecular weight is 270 g/mol. The fourth-order valence-corrected chi connectivity index (χ4v) is 2.60. The van der Waals surface area contributed by atoms with E-state index in [1.165, 1.54) is 0 Å². The Hall–Kier alpha value is -2.10. The van der Waals surface area contributed by atoms with Gasteiger partial charge < -0.3 is 4.74 Å². The second kappa shape index (κ2) is 5.12. The van der Waals surface area contributed by atoms with Crippen molar-refractivity contribution in [1.29, 1.82) is 0 Å². The molecule has 1 aromatic heterocycles. The first-order valence-electron chi connectivity index (χ1n) is 6.91. The Balaban J connectivity index is 1.81. The zero-order chi connectivity index (χ0) is 14.1. The van der Waals surface area contributed by atoms with Crippen molar-refractivity contribution in [1.82, 2.24) is 9.78 Å². The molecule has 2 aromatic rings. The normalized spacial score (nSPS) is 17.9. The van der Waals surface area contributed by atoms with Crippen LogP contribution in [0.15, 0.2) is 30.5 Å². The molecular formula is C16H18N2O2. The van der Waals surface area contributed by atoms with Crippen LogP contribution in [0.4, 0.5) is 0 Å². The third kappa shape index (κ3) is 2.33. The molecule has 1 aromatic carbocycles. The van der Waals surface area contributed by atoms with Gasteiger partial charge in [-0.2, -0.15) is 5.10 Å². The van der Waals surface area contributed by atoms with E-state index in [1.807, 2.05) is 42.1 Å². The molecule has 1 heterocycles. The van der Waals surface area contributed by atoms with Crippen LogP contribution in [0.25, 0.3) is 0 Å². The minimum atomic E-state index is 0.126. The summed E-state index contributed by atoms with van der Waals surface area (Å²) in [7, 11) is 1.66. The van der Waals surface area contributed by atoms with Crippen LogP contribution in [0, 0.1) is 5.92 Å². The van der Waals surface area contributed by atoms with Crippen LogP contribution in [0.2, 0.25) is 0 Å². The number of rotatable bonds is 3. The van der Waals surface area contributed by atoms with E-state index in [4.69, 9.17) is 4.74 Å². The zero-order valence-electron chi connectivity index (χ0n) is 11.8. The van der Waals surface area contributed by atoms with Gasteiger partial charge in [-0.1, -0.05) is 19.1 Å². The fraction of sp³-hybridized carbons (Fsp3) is 0.375. The molecule has 1 atom stereocenters. The van der Waals surface area contributed by atoms with Gasteiger partial charge >= 0.3 is 0 Å². The number of ether oxygens (including phenoxy) is 1. The number of carbonyl (C=O) groups excluding carboxylic acids is 1. The summed E-state index contributed by atoms with van der Waals surface area (Å²) in [5, 5.41) is 4.54. The fourth-order valence-electron chi connectivity index (χ4n) is 2.60. The van der Waals surface area contributed by atoms with Gasteiger partial charge in [-0.3, -0.25) is 9.48 Å². The van der Waals surface area contributed by atoms with Crippen molar-refractivity contribution in [2.24, 2.45) is 5.92 Å². The van der Waals surface area contributed by atoms with Crippen LogP contribution in [0.3, 0.4) is 0 Å². The molecule has 20 heavy (non-hydrogen) atoms. The molecule has 0 radical (unpaired) electrons. The molecule has 0 saturated carbocycles. The van der Waals surface area contributed by atoms with Crippen LogP contribution < -0.4 is 4.74 Å². The Kier molecular flexibility index (Phi) is 3.30. The van der Waals surface area contributed by atoms with Gasteiger partial charge in [0.2, 0.25) is 0 Å². The molecule has 0 saturated heterocycles. The molecule has 0 amide bonds. The summed E-state index contributed by atoms with van der Waals surface area (Å²) in [6.07, 6.45) is 3.70. The van der Waals surface area contributed by atoms with Gasteiger partial charge in [0.15, 0.2) is 5.78 Å². The van der Waals surface area contributed by atoms with E-state index in [-0.39, 0.29) is 11.7 Å². The van der Waals surface area contributed by atoms with E-state index in [0.717, 1.165) is 35.4 Å². The van der Waals surface area contributed by atoms with Crippen molar-refractivity contribution >= 4 is 5.78 Å². The summed E-state index contributed by atoms with van der Waals surface area (Å²) in [4.78, 5) is 12.1. The molecule has 1 aliphatic carbocycles. The quantitative estimate of drug-likeness (QED) is 0.861. The highest BCUT2D eigenvalue weighted by molar-refractivity contribution is 5.99. The molecule has 4 nitrogen and oxygen atoms in total. The number of ketones is 1. The lowest BCUT2D eigenvalue weighted by atomic mass is 9.88. The smallest absolute Gasteiger partial charge is 0.169 e. The average Bonchev–Trinajstić information content (AvgIpc) is 2.87. The van der Waals surface area contributed by atoms with Gasteiger partial charge in [0.1, 0.15) is 5.75 Å². The number of fused-ring (bicyclic) bond motifs is 1. The second-order valence-corrected chi connectivity index (χ2v) is 5.34. The number of carbonyl (C=O) groups is 1. The number of nitrogens with zero attached hydrogens (tertiary/aromatic N) is 2. The van der Waals surface area contributed by atoms with Crippen LogP contribution in [-0.4, -0.2) is 22.7 Å². The molecule has 3 rings (SSSR count). The number of methoxy groups -OCH3 is 1. The maximum Gasteiger partial charge on any atom is 0.169 e. The third-order valence-corrected chi connectivity index (χ3v) is 3.87. The molecule has 0 aliphatic heterocycles. The summed E-state index contributed by atoms with van der Waals surface area (Å²) >= 11 is 0. The first-order valence-corrected chi connectivity index (χ1v) is 6.91. The van der Waals surface area contributed by atoms with Crippen molar-refractivity contribution < 1.29 is 9.53 Å². The van der Waals surface area contributed by atoms with Crippen molar-refractivity contribution in [2.75, 3.05) is 7.11 Å². The summed E-state index contributed by atoms with van der Waals surface area (Å²) in [5.74, 6) is 1.20. The lowest BCUT2D eigenvalue weighted by Gasteiger charge is -2.14. The van der Waals surface area contributed by atoms with Crippen molar-refractivity contribution in [3.05, 3.63) is 47.3 Å². The number of aryl methyl sites for hydroxylation is 1. The van der Waals surface area contributed by atoms with Gasteiger partial charge in [0.05, 0.1) is 24.9 Å². The predicted molar refractivity (Wildman–Crippen MR) is 76.1 cm³/mol. The van der Waals surface area contributed by atoms with Crippen molar-refractivity contribution in [3.63, 3.8) is 0 Å². The maximum absolute atomic E-state index is 12.1. The molecule has 0 N–H and O–H groups in total. The summed E-state index contributed by atoms with van der Waals surface area (Å²) in [6, 6.07) is 7.91. The topological polar surface area (TPSA) is 44.1 Å². The van der Waals surface area contributed by atoms with Gasteiger partial charge in [-0.05, 0) is 30.5 Å². The van der Waals surface area contributed by atoms with Crippen molar-refractivity contribution in [2.45, 2.75) is 26.3 Å². The van der Waals surface area contributed by atoms with E-state index in [1.54, 1.807) is 7.11 Å². The molecule has 0 spiro atoms. The van der Waals surface area contributed by atoms with E-state index in [9.17, 15) is 4.79 Å². The zero-order valence-corrected chi connectivity index (χ0v) is 11.8. The molecule has 1 unspecified atom stereocenters. The number of benzene rings is 1. The van der Waals surface area contributed by atoms with Gasteiger partial charge in [0.25, 0.3) is 0 Å². The molecule has 104 valence electrons. The Morgan fingerprint density at radius 2 is 2.10 bits per heavy atom. The number of hydrogen-bond acceptors (Lipinski definition) is 3. The standard InChI is InChI=1S/C16H18N2O2/c1-11-3-8-15-14(16(11)19)10-18(17-15)9-12-4-6-13(20-2)7-5-12/h4-7,10-11H,3,8-9H2,1-2H3. The number of aromatic nitrogens is 2. The maximum atomic E-state index is 12.1. The lowest BCUT2D eigenvalue weighted by molar-refractivity contribution is 0.0913. The molecule has 1 aliphatic rings. The Labute approximate surface area is 118 Å². The number of Topliss-reactive ketones (excluding diaryl/α,β-unsaturated/α-hetero) is 1. The third-order valence-electron chi connectivity index (χ3n) is 3.87. The largest absolute Gasteiger partial charge is 0.497 e. The Morgan fingerprint density at radius 3 is 2.80 bits per heavy atom. The predicted octanol–water partition coefficient (Wildman–Crippen LogP) is 2.71. The van der Waals surface area contributed by atoms with Gasteiger partial charge in [0, 0.05) is 12.1 Å². The van der Waals surface area contributed by atoms with Gasteiger partial charge in [-0.15, -0.1) is 0 Å². The summed E-state index contributed by atoms with van der Waals surface area (Å²) < 4.78 is 7.01. The first kappa shape index (κ1) is 12.9. The highest BCUT2D eigenvalue weighted by Gasteiger charge is 2.26. The monoisotopic (exact) mass is 270 g/mol. The van der Waals surface area contributed by atoms with Crippen LogP contribution in [0.5, 0.6) is 5.75 Å². The molecule has 4 heteroatoms. The number of hydrogen-bond donors (Lipinski definition) is 0. The minimum absolute atomic E-state index is 0.126. The Morgan fingerprint density at radius 1 is 1.35 bits per heavy atom. The van der Waals surface area contributed by atoms with Crippen LogP contribution in [0.1, 0.15) is 35.0 Å². The van der Waals surface area contributed by atoms with E-state index in [2.05, 4.69) is 5.10 Å². The summed E-state index contributed by atoms with van der Waals surface area (Å²) in [5.41, 5.74) is 2.89. The van der Waals surface area contributed by atoms with E-state index < -0.39 is 0 Å². The van der Waals surface area contributed by atoms with E-state index >= 15 is 0 Å². The molecule has 0 fully saturated rings. The SMILES string of the molecule is COc1ccc(Cn2cc3c(n2)CCC(C)C3=O)cc1. The highest BCUT2D eigenvalue weighted by Crippen LogP contribution is 2.24. The van der Waals surface area contributed by atoms with Crippen LogP contribution >= 0.6 is 0 Å². The Bertz CT molecular complexity index is 628. The lowest BCUT2D eigenvalue weighted by Crippen LogP contribution is -2.18. The summed E-state index contributed by atoms with van der Waals surface area (Å²) in [6.45, 7) is 2.67. The molecule has 0 bridgehead atoms. The van der Waals surface area contributed by atoms with Gasteiger partial charge in [-0.25, -0.2) is 0 Å². The second-order valence-electron chi connectivity index (χ2n) is 5.34. The van der Waals surface area contributed by atoms with E-state index in [0.29, 0.717) is 6.54 Å². The first-order chi connectivity index (χ1) is 9.67. The minimum Gasteiger partial charge on any atom is -0.497 e. The van der Waals surface area contributed by atoms with Crippen molar-refractivity contribution in [3.8, 4) is 5.75 Å².